The Hall–Kier alpha value is -2.25. The molecule has 4 rings (SSSR count). The summed E-state index contributed by atoms with van der Waals surface area (Å²) < 4.78 is 5.53. The van der Waals surface area contributed by atoms with Crippen molar-refractivity contribution in [2.45, 2.75) is 44.1 Å². The fourth-order valence-electron chi connectivity index (χ4n) is 3.89. The van der Waals surface area contributed by atoms with Crippen molar-refractivity contribution in [2.24, 2.45) is 5.92 Å². The Morgan fingerprint density at radius 3 is 2.67 bits per heavy atom. The lowest BCUT2D eigenvalue weighted by atomic mass is 9.76. The molecule has 7 nitrogen and oxygen atoms in total. The lowest BCUT2D eigenvalue weighted by Crippen LogP contribution is -2.51. The standard InChI is InChI=1S/C20H26N4O3/c1-26-24-12-8-15(9-13-24)14-17-21-19(23-27-17)20(10-5-11-20)22-18(25)16-6-3-2-4-7-16/h2-4,6-7,15H,5,8-14H2,1H3,(H,22,25). The van der Waals surface area contributed by atoms with Crippen LogP contribution in [0.2, 0.25) is 0 Å². The SMILES string of the molecule is CON1CCC(Cc2nc(C3(NC(=O)c4ccccc4)CCC3)no2)CC1. The van der Waals surface area contributed by atoms with Crippen LogP contribution in [0.25, 0.3) is 0 Å². The lowest BCUT2D eigenvalue weighted by Gasteiger charge is -2.39. The molecule has 144 valence electrons. The summed E-state index contributed by atoms with van der Waals surface area (Å²) in [5.74, 6) is 1.72. The fraction of sp³-hybridized carbons (Fsp3) is 0.550. The van der Waals surface area contributed by atoms with Crippen LogP contribution in [-0.2, 0) is 16.8 Å². The van der Waals surface area contributed by atoms with E-state index >= 15 is 0 Å². The number of hydrogen-bond donors (Lipinski definition) is 1. The summed E-state index contributed by atoms with van der Waals surface area (Å²) in [6, 6.07) is 9.26. The number of aromatic nitrogens is 2. The average Bonchev–Trinajstić information content (AvgIpc) is 3.14. The molecule has 0 spiro atoms. The number of nitrogens with one attached hydrogen (secondary N) is 1. The van der Waals surface area contributed by atoms with Gasteiger partial charge in [-0.25, -0.2) is 0 Å². The predicted molar refractivity (Wildman–Crippen MR) is 98.7 cm³/mol. The third-order valence-corrected chi connectivity index (χ3v) is 5.79. The van der Waals surface area contributed by atoms with Crippen molar-refractivity contribution < 1.29 is 14.2 Å². The van der Waals surface area contributed by atoms with Gasteiger partial charge in [-0.15, -0.1) is 0 Å². The molecule has 0 atom stereocenters. The second-order valence-corrected chi connectivity index (χ2v) is 7.53. The molecule has 7 heteroatoms. The highest BCUT2D eigenvalue weighted by atomic mass is 16.7. The van der Waals surface area contributed by atoms with Crippen molar-refractivity contribution in [1.29, 1.82) is 0 Å². The van der Waals surface area contributed by atoms with Gasteiger partial charge in [0.15, 0.2) is 5.82 Å². The molecular formula is C20H26N4O3. The van der Waals surface area contributed by atoms with Crippen molar-refractivity contribution >= 4 is 5.91 Å². The zero-order chi connectivity index (χ0) is 18.7. The summed E-state index contributed by atoms with van der Waals surface area (Å²) in [7, 11) is 1.71. The number of nitrogens with zero attached hydrogens (tertiary/aromatic N) is 3. The van der Waals surface area contributed by atoms with Crippen LogP contribution < -0.4 is 5.32 Å². The van der Waals surface area contributed by atoms with Crippen LogP contribution in [0.5, 0.6) is 0 Å². The van der Waals surface area contributed by atoms with Crippen LogP contribution in [0.3, 0.4) is 0 Å². The van der Waals surface area contributed by atoms with Gasteiger partial charge in [0, 0.05) is 25.1 Å². The smallest absolute Gasteiger partial charge is 0.252 e. The van der Waals surface area contributed by atoms with Gasteiger partial charge in [0.25, 0.3) is 5.91 Å². The highest BCUT2D eigenvalue weighted by molar-refractivity contribution is 5.94. The third kappa shape index (κ3) is 3.89. The molecule has 1 aliphatic heterocycles. The normalized spacial score (nSPS) is 20.2. The second kappa shape index (κ2) is 7.78. The monoisotopic (exact) mass is 370 g/mol. The van der Waals surface area contributed by atoms with Gasteiger partial charge >= 0.3 is 0 Å². The molecule has 1 amide bonds. The number of carbonyl (C=O) groups is 1. The number of hydrogen-bond acceptors (Lipinski definition) is 6. The van der Waals surface area contributed by atoms with E-state index in [1.165, 1.54) is 0 Å². The fourth-order valence-corrected chi connectivity index (χ4v) is 3.89. The van der Waals surface area contributed by atoms with Gasteiger partial charge in [-0.1, -0.05) is 23.4 Å². The van der Waals surface area contributed by atoms with Gasteiger partial charge in [0.1, 0.15) is 5.54 Å². The van der Waals surface area contributed by atoms with Gasteiger partial charge in [-0.3, -0.25) is 4.79 Å². The largest absolute Gasteiger partial charge is 0.339 e. The molecule has 2 aliphatic rings. The van der Waals surface area contributed by atoms with Crippen molar-refractivity contribution in [1.82, 2.24) is 20.5 Å². The quantitative estimate of drug-likeness (QED) is 0.842. The topological polar surface area (TPSA) is 80.5 Å². The lowest BCUT2D eigenvalue weighted by molar-refractivity contribution is -0.148. The molecule has 1 aromatic heterocycles. The van der Waals surface area contributed by atoms with E-state index in [0.29, 0.717) is 23.2 Å². The molecule has 1 saturated carbocycles. The molecule has 0 unspecified atom stereocenters. The first-order valence-electron chi connectivity index (χ1n) is 9.68. The van der Waals surface area contributed by atoms with Crippen LogP contribution in [0, 0.1) is 5.92 Å². The van der Waals surface area contributed by atoms with Crippen LogP contribution in [0.4, 0.5) is 0 Å². The zero-order valence-corrected chi connectivity index (χ0v) is 15.7. The number of amides is 1. The Morgan fingerprint density at radius 2 is 2.04 bits per heavy atom. The predicted octanol–water partition coefficient (Wildman–Crippen LogP) is 2.69. The maximum atomic E-state index is 12.6. The minimum Gasteiger partial charge on any atom is -0.339 e. The maximum Gasteiger partial charge on any atom is 0.252 e. The molecule has 1 aliphatic carbocycles. The van der Waals surface area contributed by atoms with Gasteiger partial charge in [0.05, 0.1) is 7.11 Å². The van der Waals surface area contributed by atoms with Gasteiger partial charge in [0.2, 0.25) is 5.89 Å². The van der Waals surface area contributed by atoms with Gasteiger partial charge in [-0.05, 0) is 50.2 Å². The number of benzene rings is 1. The Bertz CT molecular complexity index is 765. The first-order chi connectivity index (χ1) is 13.2. The summed E-state index contributed by atoms with van der Waals surface area (Å²) in [6.07, 6.45) is 5.64. The molecule has 2 heterocycles. The van der Waals surface area contributed by atoms with E-state index in [1.54, 1.807) is 7.11 Å². The number of hydroxylamine groups is 2. The van der Waals surface area contributed by atoms with E-state index < -0.39 is 5.54 Å². The van der Waals surface area contributed by atoms with Crippen LogP contribution >= 0.6 is 0 Å². The minimum absolute atomic E-state index is 0.0893. The Morgan fingerprint density at radius 1 is 1.30 bits per heavy atom. The first-order valence-corrected chi connectivity index (χ1v) is 9.68. The van der Waals surface area contributed by atoms with Crippen molar-refractivity contribution in [3.05, 3.63) is 47.6 Å². The van der Waals surface area contributed by atoms with Crippen molar-refractivity contribution in [3.63, 3.8) is 0 Å². The number of rotatable bonds is 6. The van der Waals surface area contributed by atoms with Gasteiger partial charge in [-0.2, -0.15) is 10.0 Å². The summed E-state index contributed by atoms with van der Waals surface area (Å²) in [5, 5.41) is 9.35. The number of piperidine rings is 1. The highest BCUT2D eigenvalue weighted by Gasteiger charge is 2.44. The molecule has 0 radical (unpaired) electrons. The Labute approximate surface area is 159 Å². The molecule has 1 aromatic carbocycles. The van der Waals surface area contributed by atoms with E-state index in [4.69, 9.17) is 9.36 Å². The van der Waals surface area contributed by atoms with E-state index in [9.17, 15) is 4.79 Å². The second-order valence-electron chi connectivity index (χ2n) is 7.53. The zero-order valence-electron chi connectivity index (χ0n) is 15.7. The first kappa shape index (κ1) is 18.1. The summed E-state index contributed by atoms with van der Waals surface area (Å²) in [6.45, 7) is 1.86. The Kier molecular flexibility index (Phi) is 5.22. The summed E-state index contributed by atoms with van der Waals surface area (Å²) >= 11 is 0. The average molecular weight is 370 g/mol. The number of carbonyl (C=O) groups excluding carboxylic acids is 1. The van der Waals surface area contributed by atoms with E-state index in [1.807, 2.05) is 35.4 Å². The van der Waals surface area contributed by atoms with E-state index in [2.05, 4.69) is 15.5 Å². The van der Waals surface area contributed by atoms with E-state index in [0.717, 1.165) is 51.6 Å². The Balaban J connectivity index is 1.41. The minimum atomic E-state index is -0.492. The van der Waals surface area contributed by atoms with Crippen LogP contribution in [0.15, 0.2) is 34.9 Å². The molecule has 1 N–H and O–H groups in total. The van der Waals surface area contributed by atoms with E-state index in [-0.39, 0.29) is 5.91 Å². The van der Waals surface area contributed by atoms with Crippen LogP contribution in [0.1, 0.15) is 54.2 Å². The van der Waals surface area contributed by atoms with Crippen molar-refractivity contribution in [2.75, 3.05) is 20.2 Å². The van der Waals surface area contributed by atoms with Crippen molar-refractivity contribution in [3.8, 4) is 0 Å². The maximum absolute atomic E-state index is 12.6. The molecule has 2 fully saturated rings. The molecule has 27 heavy (non-hydrogen) atoms. The summed E-state index contributed by atoms with van der Waals surface area (Å²) in [5.41, 5.74) is 0.158. The molecule has 1 saturated heterocycles. The molecule has 0 bridgehead atoms. The van der Waals surface area contributed by atoms with Crippen LogP contribution in [-0.4, -0.2) is 41.3 Å². The third-order valence-electron chi connectivity index (χ3n) is 5.79. The summed E-state index contributed by atoms with van der Waals surface area (Å²) in [4.78, 5) is 22.5. The van der Waals surface area contributed by atoms with Gasteiger partial charge < -0.3 is 14.7 Å². The molecule has 2 aromatic rings. The highest BCUT2D eigenvalue weighted by Crippen LogP contribution is 2.40. The molecular weight excluding hydrogens is 344 g/mol.